The lowest BCUT2D eigenvalue weighted by Crippen LogP contribution is -2.13. The molecule has 0 radical (unpaired) electrons. The van der Waals surface area contributed by atoms with Crippen molar-refractivity contribution in [2.45, 2.75) is 12.8 Å². The van der Waals surface area contributed by atoms with Gasteiger partial charge in [0.15, 0.2) is 5.75 Å². The zero-order valence-corrected chi connectivity index (χ0v) is 13.4. The third kappa shape index (κ3) is 4.27. The molecule has 0 bridgehead atoms. The number of carbonyl (C=O) groups is 1. The molecule has 0 aliphatic carbocycles. The van der Waals surface area contributed by atoms with Gasteiger partial charge in [0.2, 0.25) is 5.91 Å². The third-order valence-corrected chi connectivity index (χ3v) is 3.61. The van der Waals surface area contributed by atoms with E-state index in [-0.39, 0.29) is 23.8 Å². The Bertz CT molecular complexity index is 692. The molecule has 0 aliphatic heterocycles. The largest absolute Gasteiger partial charge is 0.493 e. The van der Waals surface area contributed by atoms with Crippen LogP contribution in [0.15, 0.2) is 40.9 Å². The van der Waals surface area contributed by atoms with Crippen LogP contribution in [0.3, 0.4) is 0 Å². The van der Waals surface area contributed by atoms with Gasteiger partial charge in [0.25, 0.3) is 0 Å². The van der Waals surface area contributed by atoms with Crippen LogP contribution in [0, 0.1) is 11.6 Å². The Kier molecular flexibility index (Phi) is 5.49. The summed E-state index contributed by atoms with van der Waals surface area (Å²) in [6.45, 7) is 0. The summed E-state index contributed by atoms with van der Waals surface area (Å²) in [6.07, 6.45) is 0.545. The fourth-order valence-electron chi connectivity index (χ4n) is 2.02. The zero-order valence-electron chi connectivity index (χ0n) is 11.8. The molecule has 0 aromatic heterocycles. The number of benzene rings is 2. The van der Waals surface area contributed by atoms with Gasteiger partial charge >= 0.3 is 0 Å². The van der Waals surface area contributed by atoms with Crippen LogP contribution in [-0.4, -0.2) is 13.0 Å². The van der Waals surface area contributed by atoms with Crippen molar-refractivity contribution in [3.63, 3.8) is 0 Å². The summed E-state index contributed by atoms with van der Waals surface area (Å²) >= 11 is 3.17. The van der Waals surface area contributed by atoms with Crippen molar-refractivity contribution in [1.29, 1.82) is 0 Å². The fourth-order valence-corrected chi connectivity index (χ4v) is 2.62. The summed E-state index contributed by atoms with van der Waals surface area (Å²) in [5, 5.41) is 2.60. The van der Waals surface area contributed by atoms with Gasteiger partial charge in [0.1, 0.15) is 11.6 Å². The van der Waals surface area contributed by atoms with Gasteiger partial charge in [0, 0.05) is 12.5 Å². The van der Waals surface area contributed by atoms with Gasteiger partial charge in [-0.25, -0.2) is 8.78 Å². The molecule has 0 saturated carbocycles. The molecule has 1 N–H and O–H groups in total. The molecule has 3 nitrogen and oxygen atoms in total. The van der Waals surface area contributed by atoms with Crippen LogP contribution < -0.4 is 10.1 Å². The van der Waals surface area contributed by atoms with Gasteiger partial charge in [-0.15, -0.1) is 0 Å². The number of amides is 1. The summed E-state index contributed by atoms with van der Waals surface area (Å²) in [5.41, 5.74) is 0.973. The number of nitrogens with one attached hydrogen (secondary N) is 1. The second-order valence-electron chi connectivity index (χ2n) is 4.65. The van der Waals surface area contributed by atoms with Gasteiger partial charge in [0.05, 0.1) is 17.3 Å². The molecule has 2 aromatic rings. The van der Waals surface area contributed by atoms with Gasteiger partial charge < -0.3 is 10.1 Å². The molecular formula is C16H14BrF2NO2. The topological polar surface area (TPSA) is 38.3 Å². The first-order valence-electron chi connectivity index (χ1n) is 6.57. The maximum absolute atomic E-state index is 13.4. The molecule has 2 rings (SSSR count). The first kappa shape index (κ1) is 16.4. The minimum Gasteiger partial charge on any atom is -0.493 e. The predicted octanol–water partition coefficient (Wildman–Crippen LogP) is 4.31. The maximum Gasteiger partial charge on any atom is 0.224 e. The first-order valence-corrected chi connectivity index (χ1v) is 7.36. The molecule has 2 aromatic carbocycles. The number of methoxy groups -OCH3 is 1. The highest BCUT2D eigenvalue weighted by atomic mass is 79.9. The van der Waals surface area contributed by atoms with Crippen molar-refractivity contribution >= 4 is 27.5 Å². The highest BCUT2D eigenvalue weighted by molar-refractivity contribution is 9.10. The van der Waals surface area contributed by atoms with Crippen molar-refractivity contribution in [2.75, 3.05) is 12.4 Å². The van der Waals surface area contributed by atoms with Crippen molar-refractivity contribution in [3.05, 3.63) is 58.1 Å². The highest BCUT2D eigenvalue weighted by Crippen LogP contribution is 2.34. The van der Waals surface area contributed by atoms with E-state index in [2.05, 4.69) is 21.2 Å². The van der Waals surface area contributed by atoms with Crippen LogP contribution in [0.25, 0.3) is 0 Å². The smallest absolute Gasteiger partial charge is 0.224 e. The SMILES string of the molecule is COc1c(Br)cc(F)cc1NC(=O)CCc1cccc(F)c1. The quantitative estimate of drug-likeness (QED) is 0.852. The molecular weight excluding hydrogens is 356 g/mol. The molecule has 0 fully saturated rings. The third-order valence-electron chi connectivity index (χ3n) is 3.02. The lowest BCUT2D eigenvalue weighted by molar-refractivity contribution is -0.116. The van der Waals surface area contributed by atoms with E-state index in [1.807, 2.05) is 0 Å². The number of anilines is 1. The normalized spacial score (nSPS) is 10.4. The lowest BCUT2D eigenvalue weighted by atomic mass is 10.1. The van der Waals surface area contributed by atoms with E-state index >= 15 is 0 Å². The molecule has 0 unspecified atom stereocenters. The Morgan fingerprint density at radius 2 is 2.00 bits per heavy atom. The van der Waals surface area contributed by atoms with Gasteiger partial charge in [-0.1, -0.05) is 12.1 Å². The molecule has 0 aliphatic rings. The number of aryl methyl sites for hydroxylation is 1. The molecule has 22 heavy (non-hydrogen) atoms. The van der Waals surface area contributed by atoms with Gasteiger partial charge in [-0.2, -0.15) is 0 Å². The van der Waals surface area contributed by atoms with Crippen LogP contribution in [0.2, 0.25) is 0 Å². The van der Waals surface area contributed by atoms with E-state index < -0.39 is 5.82 Å². The standard InChI is InChI=1S/C16H14BrF2NO2/c1-22-16-13(17)8-12(19)9-14(16)20-15(21)6-5-10-3-2-4-11(18)7-10/h2-4,7-9H,5-6H2,1H3,(H,20,21). The van der Waals surface area contributed by atoms with Crippen LogP contribution in [-0.2, 0) is 11.2 Å². The van der Waals surface area contributed by atoms with Crippen LogP contribution in [0.5, 0.6) is 5.75 Å². The first-order chi connectivity index (χ1) is 10.5. The fraction of sp³-hybridized carbons (Fsp3) is 0.188. The molecule has 1 amide bonds. The molecule has 116 valence electrons. The van der Waals surface area contributed by atoms with E-state index in [9.17, 15) is 13.6 Å². The Balaban J connectivity index is 2.03. The summed E-state index contributed by atoms with van der Waals surface area (Å²) in [6, 6.07) is 8.50. The summed E-state index contributed by atoms with van der Waals surface area (Å²) in [5.74, 6) is -0.790. The number of hydrogen-bond donors (Lipinski definition) is 1. The Labute approximate surface area is 135 Å². The van der Waals surface area contributed by atoms with Crippen LogP contribution in [0.1, 0.15) is 12.0 Å². The van der Waals surface area contributed by atoms with Crippen LogP contribution in [0.4, 0.5) is 14.5 Å². The van der Waals surface area contributed by atoms with E-state index in [1.54, 1.807) is 12.1 Å². The Hall–Kier alpha value is -1.95. The molecule has 0 spiro atoms. The second-order valence-corrected chi connectivity index (χ2v) is 5.50. The summed E-state index contributed by atoms with van der Waals surface area (Å²) in [4.78, 5) is 12.0. The average molecular weight is 370 g/mol. The summed E-state index contributed by atoms with van der Waals surface area (Å²) < 4.78 is 32.0. The molecule has 0 heterocycles. The monoisotopic (exact) mass is 369 g/mol. The number of ether oxygens (including phenoxy) is 1. The minimum absolute atomic E-state index is 0.154. The number of hydrogen-bond acceptors (Lipinski definition) is 2. The number of halogens is 3. The zero-order chi connectivity index (χ0) is 16.1. The molecule has 6 heteroatoms. The van der Waals surface area contributed by atoms with Crippen LogP contribution >= 0.6 is 15.9 Å². The highest BCUT2D eigenvalue weighted by Gasteiger charge is 2.13. The van der Waals surface area contributed by atoms with Crippen molar-refractivity contribution in [3.8, 4) is 5.75 Å². The van der Waals surface area contributed by atoms with E-state index in [4.69, 9.17) is 4.74 Å². The van der Waals surface area contributed by atoms with Gasteiger partial charge in [-0.3, -0.25) is 4.79 Å². The molecule has 0 atom stereocenters. The van der Waals surface area contributed by atoms with E-state index in [0.29, 0.717) is 16.6 Å². The van der Waals surface area contributed by atoms with Crippen molar-refractivity contribution < 1.29 is 18.3 Å². The van der Waals surface area contributed by atoms with Crippen molar-refractivity contribution in [2.24, 2.45) is 0 Å². The second kappa shape index (κ2) is 7.35. The number of carbonyl (C=O) groups excluding carboxylic acids is 1. The van der Waals surface area contributed by atoms with E-state index in [0.717, 1.165) is 5.56 Å². The Morgan fingerprint density at radius 3 is 2.68 bits per heavy atom. The lowest BCUT2D eigenvalue weighted by Gasteiger charge is -2.12. The van der Waals surface area contributed by atoms with E-state index in [1.165, 1.54) is 31.4 Å². The predicted molar refractivity (Wildman–Crippen MR) is 84.0 cm³/mol. The maximum atomic E-state index is 13.4. The summed E-state index contributed by atoms with van der Waals surface area (Å²) in [7, 11) is 1.43. The van der Waals surface area contributed by atoms with Gasteiger partial charge in [-0.05, 0) is 46.1 Å². The number of rotatable bonds is 5. The molecule has 0 saturated heterocycles. The Morgan fingerprint density at radius 1 is 1.23 bits per heavy atom. The van der Waals surface area contributed by atoms with Crippen molar-refractivity contribution in [1.82, 2.24) is 0 Å². The minimum atomic E-state index is -0.492. The average Bonchev–Trinajstić information content (AvgIpc) is 2.45.